The monoisotopic (exact) mass is 804 g/mol. The topological polar surface area (TPSA) is 48.8 Å². The number of aromatic nitrogens is 4. The predicted molar refractivity (Wildman–Crippen MR) is 260 cm³/mol. The molecule has 0 aliphatic carbocycles. The van der Waals surface area contributed by atoms with Crippen LogP contribution < -0.4 is 0 Å². The van der Waals surface area contributed by atoms with Gasteiger partial charge in [0.05, 0.1) is 33.3 Å². The van der Waals surface area contributed by atoms with Crippen LogP contribution in [0.5, 0.6) is 0 Å². The molecule has 0 bridgehead atoms. The Morgan fingerprint density at radius 1 is 0.317 bits per heavy atom. The third kappa shape index (κ3) is 5.71. The Kier molecular flexibility index (Phi) is 7.84. The number of benzene rings is 9. The lowest BCUT2D eigenvalue weighted by Gasteiger charge is -2.13. The van der Waals surface area contributed by atoms with Gasteiger partial charge in [0.15, 0.2) is 5.58 Å². The molecule has 5 nitrogen and oxygen atoms in total. The lowest BCUT2D eigenvalue weighted by atomic mass is 9.94. The van der Waals surface area contributed by atoms with Gasteiger partial charge in [-0.05, 0) is 125 Å². The normalized spacial score (nSPS) is 11.8. The highest BCUT2D eigenvalue weighted by Crippen LogP contribution is 2.40. The van der Waals surface area contributed by atoms with Gasteiger partial charge in [-0.15, -0.1) is 0 Å². The number of fused-ring (bicyclic) bond motifs is 8. The standard InChI is InChI=1S/C58H36N4O/c1-3-13-42(14-4-1)61-53-20-10-7-17-44(53)48-34-40(28-31-55(48)61)39-27-30-50-47(33-39)46(37-23-25-38(26-24-37)58-60-51-19-9-12-22-57(51)63-58)36-52(59-50)41-29-32-56-49(35-41)45-18-8-11-21-54(45)62(56)43-15-5-2-6-16-43/h1-36H. The number of para-hydroxylation sites is 6. The van der Waals surface area contributed by atoms with Crippen LogP contribution in [-0.2, 0) is 0 Å². The molecule has 0 aliphatic heterocycles. The van der Waals surface area contributed by atoms with Crippen LogP contribution in [0.2, 0.25) is 0 Å². The smallest absolute Gasteiger partial charge is 0.227 e. The van der Waals surface area contributed by atoms with Gasteiger partial charge in [0.2, 0.25) is 5.89 Å². The van der Waals surface area contributed by atoms with Crippen LogP contribution in [0.15, 0.2) is 223 Å². The molecular formula is C58H36N4O. The molecule has 0 amide bonds. The Labute approximate surface area is 362 Å². The van der Waals surface area contributed by atoms with Crippen LogP contribution in [0.1, 0.15) is 0 Å². The molecule has 13 aromatic rings. The van der Waals surface area contributed by atoms with Crippen molar-refractivity contribution in [1.29, 1.82) is 0 Å². The van der Waals surface area contributed by atoms with Gasteiger partial charge in [-0.25, -0.2) is 9.97 Å². The second-order valence-electron chi connectivity index (χ2n) is 16.2. The van der Waals surface area contributed by atoms with Gasteiger partial charge < -0.3 is 13.6 Å². The molecule has 0 saturated heterocycles. The predicted octanol–water partition coefficient (Wildman–Crippen LogP) is 15.2. The fourth-order valence-corrected chi connectivity index (χ4v) is 9.58. The van der Waals surface area contributed by atoms with Crippen molar-refractivity contribution in [3.05, 3.63) is 218 Å². The Bertz CT molecular complexity index is 3860. The molecule has 0 saturated carbocycles. The Morgan fingerprint density at radius 3 is 1.46 bits per heavy atom. The summed E-state index contributed by atoms with van der Waals surface area (Å²) in [6, 6.07) is 77.6. The molecule has 9 aromatic carbocycles. The van der Waals surface area contributed by atoms with Crippen molar-refractivity contribution in [1.82, 2.24) is 19.1 Å². The first-order valence-electron chi connectivity index (χ1n) is 21.3. The lowest BCUT2D eigenvalue weighted by molar-refractivity contribution is 0.620. The van der Waals surface area contributed by atoms with E-state index in [2.05, 4.69) is 203 Å². The summed E-state index contributed by atoms with van der Waals surface area (Å²) in [6.07, 6.45) is 0. The molecule has 4 aromatic heterocycles. The molecule has 13 rings (SSSR count). The van der Waals surface area contributed by atoms with Gasteiger partial charge in [0.1, 0.15) is 5.52 Å². The van der Waals surface area contributed by atoms with E-state index in [4.69, 9.17) is 14.4 Å². The van der Waals surface area contributed by atoms with Gasteiger partial charge >= 0.3 is 0 Å². The lowest BCUT2D eigenvalue weighted by Crippen LogP contribution is -1.94. The summed E-state index contributed by atoms with van der Waals surface area (Å²) in [7, 11) is 0. The van der Waals surface area contributed by atoms with Crippen LogP contribution in [0.25, 0.3) is 122 Å². The summed E-state index contributed by atoms with van der Waals surface area (Å²) >= 11 is 0. The van der Waals surface area contributed by atoms with Crippen molar-refractivity contribution in [2.24, 2.45) is 0 Å². The van der Waals surface area contributed by atoms with E-state index in [1.165, 1.54) is 38.1 Å². The second-order valence-corrected chi connectivity index (χ2v) is 16.2. The summed E-state index contributed by atoms with van der Waals surface area (Å²) < 4.78 is 10.9. The van der Waals surface area contributed by atoms with Crippen molar-refractivity contribution in [2.75, 3.05) is 0 Å². The first-order valence-corrected chi connectivity index (χ1v) is 21.3. The van der Waals surface area contributed by atoms with E-state index in [9.17, 15) is 0 Å². The third-order valence-electron chi connectivity index (χ3n) is 12.5. The van der Waals surface area contributed by atoms with Gasteiger partial charge in [0.25, 0.3) is 0 Å². The van der Waals surface area contributed by atoms with Gasteiger partial charge in [-0.1, -0.05) is 115 Å². The molecule has 0 atom stereocenters. The van der Waals surface area contributed by atoms with E-state index < -0.39 is 0 Å². The summed E-state index contributed by atoms with van der Waals surface area (Å²) in [5.74, 6) is 0.609. The Balaban J connectivity index is 0.983. The summed E-state index contributed by atoms with van der Waals surface area (Å²) in [6.45, 7) is 0. The van der Waals surface area contributed by atoms with Crippen molar-refractivity contribution in [2.45, 2.75) is 0 Å². The zero-order chi connectivity index (χ0) is 41.4. The summed E-state index contributed by atoms with van der Waals surface area (Å²) in [4.78, 5) is 10.2. The molecule has 0 aliphatic rings. The van der Waals surface area contributed by atoms with Crippen molar-refractivity contribution < 1.29 is 4.42 Å². The molecular weight excluding hydrogens is 769 g/mol. The number of oxazole rings is 1. The molecule has 0 fully saturated rings. The number of rotatable bonds is 6. The zero-order valence-electron chi connectivity index (χ0n) is 34.0. The van der Waals surface area contributed by atoms with E-state index in [1.54, 1.807) is 0 Å². The second kappa shape index (κ2) is 14.0. The van der Waals surface area contributed by atoms with Gasteiger partial charge in [-0.2, -0.15) is 0 Å². The van der Waals surface area contributed by atoms with E-state index in [0.717, 1.165) is 78.0 Å². The molecule has 5 heteroatoms. The molecule has 0 unspecified atom stereocenters. The van der Waals surface area contributed by atoms with Crippen molar-refractivity contribution in [3.63, 3.8) is 0 Å². The Hall–Kier alpha value is -8.54. The molecule has 0 spiro atoms. The van der Waals surface area contributed by atoms with E-state index >= 15 is 0 Å². The minimum Gasteiger partial charge on any atom is -0.436 e. The molecule has 63 heavy (non-hydrogen) atoms. The number of nitrogens with zero attached hydrogens (tertiary/aromatic N) is 4. The first kappa shape index (κ1) is 35.2. The summed E-state index contributed by atoms with van der Waals surface area (Å²) in [5.41, 5.74) is 17.0. The highest BCUT2D eigenvalue weighted by atomic mass is 16.3. The number of pyridine rings is 1. The highest BCUT2D eigenvalue weighted by Gasteiger charge is 2.18. The van der Waals surface area contributed by atoms with E-state index in [-0.39, 0.29) is 0 Å². The Morgan fingerprint density at radius 2 is 0.810 bits per heavy atom. The van der Waals surface area contributed by atoms with Crippen LogP contribution >= 0.6 is 0 Å². The van der Waals surface area contributed by atoms with E-state index in [1.807, 2.05) is 24.3 Å². The van der Waals surface area contributed by atoms with E-state index in [0.29, 0.717) is 5.89 Å². The fourth-order valence-electron chi connectivity index (χ4n) is 9.58. The summed E-state index contributed by atoms with van der Waals surface area (Å²) in [5, 5.41) is 5.94. The molecule has 294 valence electrons. The maximum Gasteiger partial charge on any atom is 0.227 e. The van der Waals surface area contributed by atoms with Gasteiger partial charge in [-0.3, -0.25) is 0 Å². The SMILES string of the molecule is c1ccc(-n2c3ccccc3c3cc(-c4ccc5nc(-c6ccc7c(c6)c6ccccc6n7-c6ccccc6)cc(-c6ccc(-c7nc8ccccc8o7)cc6)c5c4)ccc32)cc1. The maximum absolute atomic E-state index is 6.17. The third-order valence-corrected chi connectivity index (χ3v) is 12.5. The van der Waals surface area contributed by atoms with Crippen LogP contribution in [0.3, 0.4) is 0 Å². The number of hydrogen-bond donors (Lipinski definition) is 0. The quantitative estimate of drug-likeness (QED) is 0.168. The maximum atomic E-state index is 6.17. The van der Waals surface area contributed by atoms with Crippen molar-refractivity contribution in [3.8, 4) is 56.3 Å². The first-order chi connectivity index (χ1) is 31.2. The minimum atomic E-state index is 0.609. The van der Waals surface area contributed by atoms with Crippen LogP contribution in [-0.4, -0.2) is 19.1 Å². The van der Waals surface area contributed by atoms with Crippen LogP contribution in [0.4, 0.5) is 0 Å². The minimum absolute atomic E-state index is 0.609. The molecule has 0 N–H and O–H groups in total. The number of hydrogen-bond acceptors (Lipinski definition) is 3. The average molecular weight is 805 g/mol. The average Bonchev–Trinajstić information content (AvgIpc) is 4.04. The highest BCUT2D eigenvalue weighted by molar-refractivity contribution is 6.12. The van der Waals surface area contributed by atoms with Crippen LogP contribution in [0, 0.1) is 0 Å². The molecule has 0 radical (unpaired) electrons. The zero-order valence-corrected chi connectivity index (χ0v) is 34.0. The molecule has 4 heterocycles. The van der Waals surface area contributed by atoms with Gasteiger partial charge in [0, 0.05) is 49.4 Å². The largest absolute Gasteiger partial charge is 0.436 e. The van der Waals surface area contributed by atoms with Crippen molar-refractivity contribution >= 4 is 65.6 Å². The fraction of sp³-hybridized carbons (Fsp3) is 0.